The first-order valence-corrected chi connectivity index (χ1v) is 11.0. The van der Waals surface area contributed by atoms with E-state index in [-0.39, 0.29) is 17.9 Å². The monoisotopic (exact) mass is 437 g/mol. The van der Waals surface area contributed by atoms with E-state index in [4.69, 9.17) is 11.6 Å². The van der Waals surface area contributed by atoms with Crippen LogP contribution in [-0.4, -0.2) is 54.8 Å². The van der Waals surface area contributed by atoms with Crippen LogP contribution in [0, 0.1) is 13.8 Å². The molecule has 0 atom stereocenters. The largest absolute Gasteiger partial charge is 0.366 e. The van der Waals surface area contributed by atoms with Gasteiger partial charge in [-0.3, -0.25) is 9.59 Å². The van der Waals surface area contributed by atoms with Gasteiger partial charge in [0, 0.05) is 13.1 Å². The normalized spacial score (nSPS) is 18.3. The molecule has 0 N–H and O–H groups in total. The summed E-state index contributed by atoms with van der Waals surface area (Å²) in [6, 6.07) is 13.1. The second-order valence-corrected chi connectivity index (χ2v) is 8.97. The fourth-order valence-corrected chi connectivity index (χ4v) is 4.64. The van der Waals surface area contributed by atoms with Crippen molar-refractivity contribution in [3.8, 4) is 0 Å². The van der Waals surface area contributed by atoms with Crippen LogP contribution in [0.2, 0.25) is 5.02 Å². The molecule has 0 aromatic heterocycles. The highest BCUT2D eigenvalue weighted by Gasteiger charge is 2.43. The molecule has 6 heteroatoms. The quantitative estimate of drug-likeness (QED) is 0.670. The molecule has 2 aromatic rings. The van der Waals surface area contributed by atoms with Gasteiger partial charge in [0.2, 0.25) is 0 Å². The zero-order chi connectivity index (χ0) is 22.3. The minimum absolute atomic E-state index is 0.204. The highest BCUT2D eigenvalue weighted by molar-refractivity contribution is 6.47. The summed E-state index contributed by atoms with van der Waals surface area (Å²) in [6.07, 6.45) is 1.90. The number of hydrogen-bond acceptors (Lipinski definition) is 4. The van der Waals surface area contributed by atoms with Gasteiger partial charge in [0.25, 0.3) is 11.8 Å². The summed E-state index contributed by atoms with van der Waals surface area (Å²) in [5, 5.41) is 0.381. The molecule has 1 fully saturated rings. The van der Waals surface area contributed by atoms with Crippen molar-refractivity contribution in [1.82, 2.24) is 9.80 Å². The van der Waals surface area contributed by atoms with Gasteiger partial charge >= 0.3 is 0 Å². The highest BCUT2D eigenvalue weighted by atomic mass is 35.5. The Hall–Kier alpha value is -2.63. The number of benzene rings is 2. The number of nitrogens with zero attached hydrogens (tertiary/aromatic N) is 3. The molecule has 2 heterocycles. The van der Waals surface area contributed by atoms with E-state index in [1.165, 1.54) is 4.90 Å². The number of hydrogen-bond donors (Lipinski definition) is 0. The Morgan fingerprint density at radius 3 is 2.29 bits per heavy atom. The first-order chi connectivity index (χ1) is 14.8. The third kappa shape index (κ3) is 3.88. The number of halogens is 1. The van der Waals surface area contributed by atoms with Gasteiger partial charge in [0.15, 0.2) is 0 Å². The molecule has 2 aliphatic heterocycles. The first kappa shape index (κ1) is 21.6. The maximum Gasteiger partial charge on any atom is 0.282 e. The van der Waals surface area contributed by atoms with Crippen molar-refractivity contribution in [2.24, 2.45) is 0 Å². The summed E-state index contributed by atoms with van der Waals surface area (Å²) in [5.41, 5.74) is 4.34. The van der Waals surface area contributed by atoms with E-state index in [9.17, 15) is 9.59 Å². The number of anilines is 1. The van der Waals surface area contributed by atoms with Crippen LogP contribution in [0.4, 0.5) is 5.69 Å². The van der Waals surface area contributed by atoms with E-state index < -0.39 is 0 Å². The Kier molecular flexibility index (Phi) is 5.91. The van der Waals surface area contributed by atoms with Crippen LogP contribution in [0.25, 0.3) is 5.57 Å². The molecule has 31 heavy (non-hydrogen) atoms. The summed E-state index contributed by atoms with van der Waals surface area (Å²) >= 11 is 6.38. The Morgan fingerprint density at radius 2 is 1.65 bits per heavy atom. The summed E-state index contributed by atoms with van der Waals surface area (Å²) in [4.78, 5) is 32.9. The molecule has 0 aliphatic carbocycles. The number of likely N-dealkylation sites (tertiary alicyclic amines) is 1. The smallest absolute Gasteiger partial charge is 0.282 e. The van der Waals surface area contributed by atoms with Crippen molar-refractivity contribution in [2.45, 2.75) is 32.7 Å². The Balaban J connectivity index is 1.83. The van der Waals surface area contributed by atoms with E-state index in [2.05, 4.69) is 11.9 Å². The van der Waals surface area contributed by atoms with Crippen LogP contribution in [0.3, 0.4) is 0 Å². The SMILES string of the molecule is Cc1ccc(C2=C(N(C)C3CCN(C)CC3)C(=O)N(c3ccccc3Cl)C2=O)cc1C. The average molecular weight is 438 g/mol. The third-order valence-corrected chi connectivity index (χ3v) is 6.86. The maximum absolute atomic E-state index is 13.7. The van der Waals surface area contributed by atoms with Gasteiger partial charge in [0.1, 0.15) is 5.70 Å². The van der Waals surface area contributed by atoms with E-state index in [0.717, 1.165) is 42.6 Å². The molecular formula is C25H28ClN3O2. The van der Waals surface area contributed by atoms with Crippen LogP contribution in [-0.2, 0) is 9.59 Å². The second kappa shape index (κ2) is 8.48. The summed E-state index contributed by atoms with van der Waals surface area (Å²) in [7, 11) is 4.05. The maximum atomic E-state index is 13.7. The molecule has 1 saturated heterocycles. The lowest BCUT2D eigenvalue weighted by Gasteiger charge is -2.36. The van der Waals surface area contributed by atoms with Crippen LogP contribution in [0.15, 0.2) is 48.2 Å². The van der Waals surface area contributed by atoms with Crippen LogP contribution >= 0.6 is 11.6 Å². The molecule has 0 saturated carbocycles. The minimum atomic E-state index is -0.323. The molecule has 0 bridgehead atoms. The van der Waals surface area contributed by atoms with Crippen LogP contribution in [0.5, 0.6) is 0 Å². The summed E-state index contributed by atoms with van der Waals surface area (Å²) < 4.78 is 0. The number of rotatable bonds is 4. The number of carbonyl (C=O) groups is 2. The van der Waals surface area contributed by atoms with E-state index >= 15 is 0 Å². The Labute approximate surface area is 188 Å². The van der Waals surface area contributed by atoms with Crippen LogP contribution in [0.1, 0.15) is 29.5 Å². The van der Waals surface area contributed by atoms with Crippen molar-refractivity contribution < 1.29 is 9.59 Å². The number of likely N-dealkylation sites (N-methyl/N-ethyl adjacent to an activating group) is 1. The predicted octanol–water partition coefficient (Wildman–Crippen LogP) is 4.27. The predicted molar refractivity (Wildman–Crippen MR) is 125 cm³/mol. The van der Waals surface area contributed by atoms with Gasteiger partial charge in [-0.15, -0.1) is 0 Å². The average Bonchev–Trinajstić information content (AvgIpc) is 3.01. The molecule has 0 spiro atoms. The summed E-state index contributed by atoms with van der Waals surface area (Å²) in [5.74, 6) is -0.635. The Bertz CT molecular complexity index is 1070. The third-order valence-electron chi connectivity index (χ3n) is 6.54. The van der Waals surface area contributed by atoms with Crippen molar-refractivity contribution >= 4 is 34.7 Å². The zero-order valence-corrected chi connectivity index (χ0v) is 19.2. The topological polar surface area (TPSA) is 43.9 Å². The van der Waals surface area contributed by atoms with Crippen LogP contribution < -0.4 is 4.90 Å². The van der Waals surface area contributed by atoms with E-state index in [1.54, 1.807) is 24.3 Å². The van der Waals surface area contributed by atoms with Gasteiger partial charge in [-0.1, -0.05) is 41.9 Å². The number of amides is 2. The number of piperidine rings is 1. The lowest BCUT2D eigenvalue weighted by atomic mass is 9.97. The van der Waals surface area contributed by atoms with E-state index in [0.29, 0.717) is 22.0 Å². The van der Waals surface area contributed by atoms with Gasteiger partial charge in [-0.2, -0.15) is 0 Å². The molecule has 2 aliphatic rings. The molecule has 4 rings (SSSR count). The van der Waals surface area contributed by atoms with Gasteiger partial charge < -0.3 is 9.80 Å². The highest BCUT2D eigenvalue weighted by Crippen LogP contribution is 2.38. The molecule has 162 valence electrons. The lowest BCUT2D eigenvalue weighted by Crippen LogP contribution is -2.43. The molecule has 2 amide bonds. The number of carbonyl (C=O) groups excluding carboxylic acids is 2. The van der Waals surface area contributed by atoms with Gasteiger partial charge in [-0.25, -0.2) is 4.90 Å². The van der Waals surface area contributed by atoms with Crippen molar-refractivity contribution in [2.75, 3.05) is 32.1 Å². The molecule has 5 nitrogen and oxygen atoms in total. The van der Waals surface area contributed by atoms with Gasteiger partial charge in [-0.05, 0) is 75.6 Å². The van der Waals surface area contributed by atoms with E-state index in [1.807, 2.05) is 44.0 Å². The fourth-order valence-electron chi connectivity index (χ4n) is 4.42. The number of imide groups is 1. The van der Waals surface area contributed by atoms with Crippen molar-refractivity contribution in [1.29, 1.82) is 0 Å². The Morgan fingerprint density at radius 1 is 0.968 bits per heavy atom. The fraction of sp³-hybridized carbons (Fsp3) is 0.360. The lowest BCUT2D eigenvalue weighted by molar-refractivity contribution is -0.120. The summed E-state index contributed by atoms with van der Waals surface area (Å²) in [6.45, 7) is 6.00. The number of para-hydroxylation sites is 1. The molecule has 0 radical (unpaired) electrons. The second-order valence-electron chi connectivity index (χ2n) is 8.57. The number of aryl methyl sites for hydroxylation is 2. The molecule has 2 aromatic carbocycles. The van der Waals surface area contributed by atoms with Crippen molar-refractivity contribution in [3.63, 3.8) is 0 Å². The molecule has 0 unspecified atom stereocenters. The van der Waals surface area contributed by atoms with Crippen molar-refractivity contribution in [3.05, 3.63) is 69.9 Å². The standard InChI is InChI=1S/C25H28ClN3O2/c1-16-9-10-18(15-17(16)2)22-23(28(4)19-11-13-27(3)14-12-19)25(31)29(24(22)30)21-8-6-5-7-20(21)26/h5-10,15,19H,11-14H2,1-4H3. The van der Waals surface area contributed by atoms with Gasteiger partial charge in [0.05, 0.1) is 16.3 Å². The molecular weight excluding hydrogens is 410 g/mol. The minimum Gasteiger partial charge on any atom is -0.366 e. The zero-order valence-electron chi connectivity index (χ0n) is 18.5. The first-order valence-electron chi connectivity index (χ1n) is 10.7.